The van der Waals surface area contributed by atoms with Gasteiger partial charge in [0.15, 0.2) is 5.69 Å². The molecule has 1 aromatic heterocycles. The fraction of sp³-hybridized carbons (Fsp3) is 0.667. The number of carboxylic acids is 1. The molecule has 2 rings (SSSR count). The van der Waals surface area contributed by atoms with Crippen molar-refractivity contribution in [3.63, 3.8) is 0 Å². The minimum atomic E-state index is -1.04. The summed E-state index contributed by atoms with van der Waals surface area (Å²) in [5.74, 6) is -1.43. The molecule has 2 heterocycles. The highest BCUT2D eigenvalue weighted by molar-refractivity contribution is 5.91. The average Bonchev–Trinajstić information content (AvgIpc) is 2.92. The number of carboxylic acid groups (broad SMARTS) is 1. The van der Waals surface area contributed by atoms with Crippen molar-refractivity contribution in [2.45, 2.75) is 19.6 Å². The van der Waals surface area contributed by atoms with Gasteiger partial charge in [-0.1, -0.05) is 12.1 Å². The van der Waals surface area contributed by atoms with Crippen molar-refractivity contribution in [1.29, 1.82) is 0 Å². The van der Waals surface area contributed by atoms with E-state index in [4.69, 9.17) is 9.84 Å². The normalized spacial score (nSPS) is 19.4. The molecule has 21 heavy (non-hydrogen) atoms. The second-order valence-corrected chi connectivity index (χ2v) is 4.79. The van der Waals surface area contributed by atoms with Crippen molar-refractivity contribution in [2.75, 3.05) is 32.8 Å². The summed E-state index contributed by atoms with van der Waals surface area (Å²) in [7, 11) is 0. The Morgan fingerprint density at radius 3 is 3.10 bits per heavy atom. The number of aliphatic carboxylic acids is 1. The third-order valence-electron chi connectivity index (χ3n) is 3.23. The Balaban J connectivity index is 1.81. The van der Waals surface area contributed by atoms with Crippen LogP contribution in [0.25, 0.3) is 0 Å². The van der Waals surface area contributed by atoms with E-state index >= 15 is 0 Å². The largest absolute Gasteiger partial charge is 0.480 e. The number of nitrogens with one attached hydrogen (secondary N) is 1. The zero-order valence-electron chi connectivity index (χ0n) is 11.9. The Hall–Kier alpha value is -2.00. The first-order valence-corrected chi connectivity index (χ1v) is 6.82. The number of morpholine rings is 1. The van der Waals surface area contributed by atoms with Gasteiger partial charge in [0.25, 0.3) is 5.91 Å². The molecule has 9 nitrogen and oxygen atoms in total. The van der Waals surface area contributed by atoms with Crippen LogP contribution in [0.15, 0.2) is 6.20 Å². The lowest BCUT2D eigenvalue weighted by atomic mass is 10.2. The van der Waals surface area contributed by atoms with Gasteiger partial charge < -0.3 is 15.2 Å². The Kier molecular flexibility index (Phi) is 5.23. The number of rotatable bonds is 6. The van der Waals surface area contributed by atoms with E-state index in [-0.39, 0.29) is 24.2 Å². The molecule has 1 atom stereocenters. The molecule has 1 unspecified atom stereocenters. The number of nitrogens with zero attached hydrogens (tertiary/aromatic N) is 4. The lowest BCUT2D eigenvalue weighted by molar-refractivity contribution is -0.137. The smallest absolute Gasteiger partial charge is 0.325 e. The first-order chi connectivity index (χ1) is 10.1. The maximum Gasteiger partial charge on any atom is 0.325 e. The Bertz CT molecular complexity index is 504. The van der Waals surface area contributed by atoms with E-state index in [0.717, 1.165) is 24.3 Å². The number of carbonyl (C=O) groups is 2. The summed E-state index contributed by atoms with van der Waals surface area (Å²) in [4.78, 5) is 24.7. The van der Waals surface area contributed by atoms with E-state index in [0.29, 0.717) is 13.2 Å². The maximum absolute atomic E-state index is 11.9. The summed E-state index contributed by atoms with van der Waals surface area (Å²) in [6.45, 7) is 5.45. The van der Waals surface area contributed by atoms with Crippen LogP contribution >= 0.6 is 0 Å². The second kappa shape index (κ2) is 7.14. The first kappa shape index (κ1) is 15.4. The van der Waals surface area contributed by atoms with E-state index in [2.05, 4.69) is 27.5 Å². The number of ether oxygens (including phenoxy) is 1. The van der Waals surface area contributed by atoms with Crippen molar-refractivity contribution in [2.24, 2.45) is 0 Å². The van der Waals surface area contributed by atoms with Crippen LogP contribution in [0.4, 0.5) is 0 Å². The van der Waals surface area contributed by atoms with Crippen LogP contribution in [0, 0.1) is 0 Å². The number of likely N-dealkylation sites (N-methyl/N-ethyl adjacent to an activating group) is 1. The van der Waals surface area contributed by atoms with Gasteiger partial charge >= 0.3 is 5.97 Å². The van der Waals surface area contributed by atoms with Crippen LogP contribution in [0.1, 0.15) is 17.4 Å². The molecule has 0 saturated carbocycles. The highest BCUT2D eigenvalue weighted by atomic mass is 16.5. The van der Waals surface area contributed by atoms with E-state index < -0.39 is 5.97 Å². The fourth-order valence-electron chi connectivity index (χ4n) is 2.11. The van der Waals surface area contributed by atoms with Crippen molar-refractivity contribution >= 4 is 11.9 Å². The molecular formula is C12H19N5O4. The van der Waals surface area contributed by atoms with Crippen LogP contribution in [0.2, 0.25) is 0 Å². The van der Waals surface area contributed by atoms with Crippen LogP contribution < -0.4 is 5.32 Å². The summed E-state index contributed by atoms with van der Waals surface area (Å²) in [5.41, 5.74) is 0.0967. The standard InChI is InChI=1S/C12H19N5O4/c1-2-16-3-4-21-9(6-16)5-13-12(20)10-7-17(15-14-10)8-11(18)19/h7,9H,2-6,8H2,1H3,(H,13,20)(H,18,19). The third-order valence-corrected chi connectivity index (χ3v) is 3.23. The lowest BCUT2D eigenvalue weighted by Crippen LogP contribution is -2.47. The topological polar surface area (TPSA) is 110 Å². The molecule has 1 amide bonds. The predicted molar refractivity (Wildman–Crippen MR) is 71.8 cm³/mol. The molecule has 1 aliphatic heterocycles. The van der Waals surface area contributed by atoms with Crippen LogP contribution in [-0.4, -0.2) is 75.8 Å². The zero-order valence-corrected chi connectivity index (χ0v) is 11.9. The highest BCUT2D eigenvalue weighted by Crippen LogP contribution is 2.04. The molecule has 9 heteroatoms. The molecule has 1 aromatic rings. The quantitative estimate of drug-likeness (QED) is 0.679. The number of carbonyl (C=O) groups excluding carboxylic acids is 1. The minimum Gasteiger partial charge on any atom is -0.480 e. The molecular weight excluding hydrogens is 278 g/mol. The van der Waals surface area contributed by atoms with Gasteiger partial charge in [0.05, 0.1) is 18.9 Å². The monoisotopic (exact) mass is 297 g/mol. The molecule has 0 bridgehead atoms. The van der Waals surface area contributed by atoms with E-state index in [9.17, 15) is 9.59 Å². The van der Waals surface area contributed by atoms with Crippen LogP contribution in [0.5, 0.6) is 0 Å². The summed E-state index contributed by atoms with van der Waals surface area (Å²) >= 11 is 0. The lowest BCUT2D eigenvalue weighted by Gasteiger charge is -2.32. The summed E-state index contributed by atoms with van der Waals surface area (Å²) in [5, 5.41) is 18.6. The number of amides is 1. The molecule has 0 aromatic carbocycles. The van der Waals surface area contributed by atoms with Gasteiger partial charge in [-0.25, -0.2) is 4.68 Å². The van der Waals surface area contributed by atoms with Crippen LogP contribution in [-0.2, 0) is 16.1 Å². The number of aromatic nitrogens is 3. The first-order valence-electron chi connectivity index (χ1n) is 6.82. The Labute approximate surface area is 121 Å². The fourth-order valence-corrected chi connectivity index (χ4v) is 2.11. The number of hydrogen-bond acceptors (Lipinski definition) is 6. The van der Waals surface area contributed by atoms with Crippen LogP contribution in [0.3, 0.4) is 0 Å². The molecule has 116 valence electrons. The van der Waals surface area contributed by atoms with Gasteiger partial charge in [0.1, 0.15) is 6.54 Å². The van der Waals surface area contributed by atoms with Gasteiger partial charge in [0, 0.05) is 19.6 Å². The van der Waals surface area contributed by atoms with E-state index in [1.54, 1.807) is 0 Å². The minimum absolute atomic E-state index is 0.0447. The Morgan fingerprint density at radius 1 is 1.57 bits per heavy atom. The van der Waals surface area contributed by atoms with Gasteiger partial charge in [-0.2, -0.15) is 0 Å². The summed E-state index contributed by atoms with van der Waals surface area (Å²) in [6, 6.07) is 0. The van der Waals surface area contributed by atoms with Crippen molar-refractivity contribution in [3.05, 3.63) is 11.9 Å². The second-order valence-electron chi connectivity index (χ2n) is 4.79. The van der Waals surface area contributed by atoms with Gasteiger partial charge in [-0.05, 0) is 6.54 Å². The SMILES string of the molecule is CCN1CCOC(CNC(=O)c2cn(CC(=O)O)nn2)C1. The molecule has 0 spiro atoms. The third kappa shape index (κ3) is 4.50. The highest BCUT2D eigenvalue weighted by Gasteiger charge is 2.20. The zero-order chi connectivity index (χ0) is 15.2. The molecule has 1 aliphatic rings. The summed E-state index contributed by atoms with van der Waals surface area (Å²) in [6.07, 6.45) is 1.26. The molecule has 0 aliphatic carbocycles. The van der Waals surface area contributed by atoms with E-state index in [1.807, 2.05) is 0 Å². The molecule has 2 N–H and O–H groups in total. The molecule has 1 saturated heterocycles. The maximum atomic E-state index is 11.9. The molecule has 0 radical (unpaired) electrons. The van der Waals surface area contributed by atoms with Gasteiger partial charge in [0.2, 0.25) is 0 Å². The average molecular weight is 297 g/mol. The molecule has 1 fully saturated rings. The van der Waals surface area contributed by atoms with Crippen molar-refractivity contribution in [3.8, 4) is 0 Å². The van der Waals surface area contributed by atoms with Crippen molar-refractivity contribution in [1.82, 2.24) is 25.2 Å². The van der Waals surface area contributed by atoms with Gasteiger partial charge in [-0.15, -0.1) is 5.10 Å². The predicted octanol–water partition coefficient (Wildman–Crippen LogP) is -1.19. The van der Waals surface area contributed by atoms with Crippen molar-refractivity contribution < 1.29 is 19.4 Å². The van der Waals surface area contributed by atoms with E-state index in [1.165, 1.54) is 6.20 Å². The number of hydrogen-bond donors (Lipinski definition) is 2. The van der Waals surface area contributed by atoms with Gasteiger partial charge in [-0.3, -0.25) is 14.5 Å². The Morgan fingerprint density at radius 2 is 2.38 bits per heavy atom. The summed E-state index contributed by atoms with van der Waals surface area (Å²) < 4.78 is 6.68.